The predicted octanol–water partition coefficient (Wildman–Crippen LogP) is 8.17. The quantitative estimate of drug-likeness (QED) is 0.143. The Labute approximate surface area is 198 Å². The molecule has 0 saturated carbocycles. The lowest BCUT2D eigenvalue weighted by molar-refractivity contribution is 0.0734. The van der Waals surface area contributed by atoms with Gasteiger partial charge >= 0.3 is 5.97 Å². The van der Waals surface area contributed by atoms with Crippen molar-refractivity contribution in [2.75, 3.05) is 0 Å². The number of hydrogen-bond donors (Lipinski definition) is 0. The van der Waals surface area contributed by atoms with Crippen molar-refractivity contribution >= 4 is 5.97 Å². The molecule has 0 radical (unpaired) electrons. The molecule has 174 valence electrons. The maximum Gasteiger partial charge on any atom is 0.343 e. The third kappa shape index (κ3) is 9.13. The summed E-state index contributed by atoms with van der Waals surface area (Å²) in [7, 11) is 0. The average Bonchev–Trinajstić information content (AvgIpc) is 2.86. The summed E-state index contributed by atoms with van der Waals surface area (Å²) in [6, 6.07) is 25.0. The van der Waals surface area contributed by atoms with Crippen molar-refractivity contribution in [3.63, 3.8) is 0 Å². The second-order valence-electron chi connectivity index (χ2n) is 8.56. The molecule has 3 aromatic carbocycles. The topological polar surface area (TPSA) is 35.5 Å². The van der Waals surface area contributed by atoms with Crippen LogP contribution in [0.5, 0.6) is 11.5 Å². The van der Waals surface area contributed by atoms with Gasteiger partial charge in [0.15, 0.2) is 0 Å². The van der Waals surface area contributed by atoms with Crippen molar-refractivity contribution in [2.45, 2.75) is 71.3 Å². The van der Waals surface area contributed by atoms with Gasteiger partial charge in [0.1, 0.15) is 18.1 Å². The summed E-state index contributed by atoms with van der Waals surface area (Å²) in [5.41, 5.74) is 2.95. The van der Waals surface area contributed by atoms with Crippen LogP contribution in [0.2, 0.25) is 0 Å². The van der Waals surface area contributed by atoms with Gasteiger partial charge in [-0.15, -0.1) is 0 Å². The summed E-state index contributed by atoms with van der Waals surface area (Å²) in [6.07, 6.45) is 11.6. The second-order valence-corrected chi connectivity index (χ2v) is 8.56. The van der Waals surface area contributed by atoms with Gasteiger partial charge in [0.25, 0.3) is 0 Å². The van der Waals surface area contributed by atoms with Gasteiger partial charge in [0, 0.05) is 0 Å². The van der Waals surface area contributed by atoms with E-state index in [1.807, 2.05) is 66.7 Å². The molecule has 33 heavy (non-hydrogen) atoms. The monoisotopic (exact) mass is 444 g/mol. The Bertz CT molecular complexity index is 931. The number of rotatable bonds is 14. The first-order chi connectivity index (χ1) is 16.2. The highest BCUT2D eigenvalue weighted by Crippen LogP contribution is 2.20. The minimum absolute atomic E-state index is 0.341. The molecular weight excluding hydrogens is 408 g/mol. The van der Waals surface area contributed by atoms with Gasteiger partial charge in [-0.05, 0) is 60.4 Å². The molecule has 3 aromatic rings. The van der Waals surface area contributed by atoms with Gasteiger partial charge in [-0.3, -0.25) is 0 Å². The zero-order valence-corrected chi connectivity index (χ0v) is 19.8. The van der Waals surface area contributed by atoms with Crippen molar-refractivity contribution in [2.24, 2.45) is 0 Å². The van der Waals surface area contributed by atoms with Crippen molar-refractivity contribution in [3.05, 3.63) is 95.6 Å². The molecule has 0 saturated heterocycles. The number of benzene rings is 3. The third-order valence-corrected chi connectivity index (χ3v) is 5.79. The minimum atomic E-state index is -0.341. The SMILES string of the molecule is CCCCCCCCCCc1ccc(C(=O)Oc2ccc(OCc3ccccc3)cc2)cc1. The highest BCUT2D eigenvalue weighted by Gasteiger charge is 2.09. The summed E-state index contributed by atoms with van der Waals surface area (Å²) in [4.78, 5) is 12.5. The molecule has 0 atom stereocenters. The van der Waals surface area contributed by atoms with Gasteiger partial charge in [0.2, 0.25) is 0 Å². The number of carbonyl (C=O) groups excluding carboxylic acids is 1. The Kier molecular flexibility index (Phi) is 10.5. The molecule has 0 aliphatic carbocycles. The highest BCUT2D eigenvalue weighted by atomic mass is 16.5. The maximum atomic E-state index is 12.5. The fraction of sp³-hybridized carbons (Fsp3) is 0.367. The van der Waals surface area contributed by atoms with E-state index in [0.29, 0.717) is 17.9 Å². The number of esters is 1. The Morgan fingerprint density at radius 3 is 1.91 bits per heavy atom. The summed E-state index contributed by atoms with van der Waals surface area (Å²) in [5, 5.41) is 0. The maximum absolute atomic E-state index is 12.5. The Hall–Kier alpha value is -3.07. The number of ether oxygens (including phenoxy) is 2. The van der Waals surface area contributed by atoms with Gasteiger partial charge in [-0.25, -0.2) is 4.79 Å². The van der Waals surface area contributed by atoms with Gasteiger partial charge < -0.3 is 9.47 Å². The first-order valence-corrected chi connectivity index (χ1v) is 12.3. The molecule has 0 unspecified atom stereocenters. The van der Waals surface area contributed by atoms with Crippen LogP contribution in [0.15, 0.2) is 78.9 Å². The summed E-state index contributed by atoms with van der Waals surface area (Å²) < 4.78 is 11.3. The number of hydrogen-bond acceptors (Lipinski definition) is 3. The van der Waals surface area contributed by atoms with Crippen molar-refractivity contribution in [1.82, 2.24) is 0 Å². The zero-order chi connectivity index (χ0) is 23.1. The van der Waals surface area contributed by atoms with Crippen LogP contribution in [0.25, 0.3) is 0 Å². The van der Waals surface area contributed by atoms with Crippen molar-refractivity contribution in [3.8, 4) is 11.5 Å². The van der Waals surface area contributed by atoms with E-state index >= 15 is 0 Å². The molecule has 3 heteroatoms. The number of carbonyl (C=O) groups is 1. The van der Waals surface area contributed by atoms with Gasteiger partial charge in [-0.2, -0.15) is 0 Å². The van der Waals surface area contributed by atoms with Crippen LogP contribution in [-0.4, -0.2) is 5.97 Å². The van der Waals surface area contributed by atoms with Crippen LogP contribution in [0.3, 0.4) is 0 Å². The van der Waals surface area contributed by atoms with E-state index in [-0.39, 0.29) is 5.97 Å². The molecule has 0 aromatic heterocycles. The highest BCUT2D eigenvalue weighted by molar-refractivity contribution is 5.91. The van der Waals surface area contributed by atoms with E-state index in [1.165, 1.54) is 56.9 Å². The first-order valence-electron chi connectivity index (χ1n) is 12.3. The average molecular weight is 445 g/mol. The van der Waals surface area contributed by atoms with E-state index in [1.54, 1.807) is 12.1 Å². The molecule has 3 rings (SSSR count). The molecule has 0 aliphatic heterocycles. The molecule has 3 nitrogen and oxygen atoms in total. The van der Waals surface area contributed by atoms with E-state index in [9.17, 15) is 4.79 Å². The first kappa shape index (κ1) is 24.6. The summed E-state index contributed by atoms with van der Waals surface area (Å²) in [5.74, 6) is 0.908. The lowest BCUT2D eigenvalue weighted by atomic mass is 10.0. The van der Waals surface area contributed by atoms with Crippen LogP contribution >= 0.6 is 0 Å². The van der Waals surface area contributed by atoms with Crippen LogP contribution in [-0.2, 0) is 13.0 Å². The smallest absolute Gasteiger partial charge is 0.343 e. The minimum Gasteiger partial charge on any atom is -0.489 e. The van der Waals surface area contributed by atoms with Crippen LogP contribution in [0, 0.1) is 0 Å². The molecule has 0 heterocycles. The summed E-state index contributed by atoms with van der Waals surface area (Å²) >= 11 is 0. The summed E-state index contributed by atoms with van der Waals surface area (Å²) in [6.45, 7) is 2.76. The second kappa shape index (κ2) is 14.2. The normalized spacial score (nSPS) is 10.7. The lowest BCUT2D eigenvalue weighted by Crippen LogP contribution is -2.08. The van der Waals surface area contributed by atoms with Crippen LogP contribution in [0.1, 0.15) is 79.8 Å². The Balaban J connectivity index is 1.37. The van der Waals surface area contributed by atoms with E-state index < -0.39 is 0 Å². The van der Waals surface area contributed by atoms with E-state index in [4.69, 9.17) is 9.47 Å². The fourth-order valence-corrected chi connectivity index (χ4v) is 3.78. The standard InChI is InChI=1S/C30H36O3/c1-2-3-4-5-6-7-8-10-13-25-16-18-27(19-17-25)30(31)33-29-22-20-28(21-23-29)32-24-26-14-11-9-12-15-26/h9,11-12,14-23H,2-8,10,13,24H2,1H3. The molecule has 0 bridgehead atoms. The van der Waals surface area contributed by atoms with E-state index in [2.05, 4.69) is 6.92 Å². The largest absolute Gasteiger partial charge is 0.489 e. The molecule has 0 fully saturated rings. The van der Waals surface area contributed by atoms with Crippen LogP contribution < -0.4 is 9.47 Å². The molecule has 0 amide bonds. The van der Waals surface area contributed by atoms with Crippen molar-refractivity contribution in [1.29, 1.82) is 0 Å². The zero-order valence-electron chi connectivity index (χ0n) is 19.8. The molecule has 0 aliphatic rings. The van der Waals surface area contributed by atoms with Gasteiger partial charge in [0.05, 0.1) is 5.56 Å². The number of aryl methyl sites for hydroxylation is 1. The fourth-order valence-electron chi connectivity index (χ4n) is 3.78. The molecule has 0 spiro atoms. The molecular formula is C30H36O3. The molecule has 0 N–H and O–H groups in total. The van der Waals surface area contributed by atoms with Crippen molar-refractivity contribution < 1.29 is 14.3 Å². The van der Waals surface area contributed by atoms with Gasteiger partial charge in [-0.1, -0.05) is 94.3 Å². The Morgan fingerprint density at radius 1 is 0.636 bits per heavy atom. The third-order valence-electron chi connectivity index (χ3n) is 5.79. The lowest BCUT2D eigenvalue weighted by Gasteiger charge is -2.08. The Morgan fingerprint density at radius 2 is 1.24 bits per heavy atom. The van der Waals surface area contributed by atoms with Crippen LogP contribution in [0.4, 0.5) is 0 Å². The van der Waals surface area contributed by atoms with E-state index in [0.717, 1.165) is 17.7 Å². The number of unbranched alkanes of at least 4 members (excludes halogenated alkanes) is 7. The predicted molar refractivity (Wildman–Crippen MR) is 135 cm³/mol.